The predicted octanol–water partition coefficient (Wildman–Crippen LogP) is 4.32. The highest BCUT2D eigenvalue weighted by molar-refractivity contribution is 6.13. The molecule has 0 saturated heterocycles. The third kappa shape index (κ3) is 6.48. The van der Waals surface area contributed by atoms with Crippen molar-refractivity contribution in [1.29, 1.82) is 0 Å². The van der Waals surface area contributed by atoms with E-state index in [1.807, 2.05) is 74.5 Å². The summed E-state index contributed by atoms with van der Waals surface area (Å²) in [6.45, 7) is 4.10. The number of Topliss-reactive ketones (excluding diaryl/α,β-unsaturated/α-hetero) is 1. The number of hydrogen-bond donors (Lipinski definition) is 0. The van der Waals surface area contributed by atoms with Crippen LogP contribution in [0.15, 0.2) is 65.7 Å². The molecular formula is C23H27NO3. The first kappa shape index (κ1) is 20.6. The molecule has 0 heterocycles. The van der Waals surface area contributed by atoms with E-state index in [1.165, 1.54) is 7.11 Å². The van der Waals surface area contributed by atoms with Crippen LogP contribution in [0.4, 0.5) is 0 Å². The monoisotopic (exact) mass is 365 g/mol. The summed E-state index contributed by atoms with van der Waals surface area (Å²) in [6.07, 6.45) is 0.789. The van der Waals surface area contributed by atoms with E-state index in [4.69, 9.17) is 4.74 Å². The summed E-state index contributed by atoms with van der Waals surface area (Å²) in [5.41, 5.74) is 2.70. The fraction of sp³-hybridized carbons (Fsp3) is 0.348. The number of nitrogens with zero attached hydrogens (tertiary/aromatic N) is 1. The molecule has 2 aromatic rings. The molecule has 0 aromatic heterocycles. The van der Waals surface area contributed by atoms with Crippen molar-refractivity contribution in [2.24, 2.45) is 16.8 Å². The molecule has 2 rings (SSSR count). The molecule has 2 aromatic carbocycles. The molecule has 0 bridgehead atoms. The second-order valence-electron chi connectivity index (χ2n) is 6.99. The minimum atomic E-state index is -0.408. The number of esters is 1. The van der Waals surface area contributed by atoms with Gasteiger partial charge in [-0.1, -0.05) is 74.5 Å². The summed E-state index contributed by atoms with van der Waals surface area (Å²) < 4.78 is 4.85. The fourth-order valence-corrected chi connectivity index (χ4v) is 3.05. The van der Waals surface area contributed by atoms with Gasteiger partial charge in [0, 0.05) is 17.5 Å². The molecule has 1 atom stereocenters. The standard InChI is InChI=1S/C23H27NO3/c1-17(2)14-20(23(26)27-3)15-21(25)16-24-22(18-10-6-4-7-11-18)19-12-8-5-9-13-19/h4-13,17,20H,14-16H2,1-3H3/t20-/m1/s1. The average molecular weight is 365 g/mol. The van der Waals surface area contributed by atoms with Gasteiger partial charge in [0.15, 0.2) is 5.78 Å². The molecule has 4 heteroatoms. The number of ketones is 1. The van der Waals surface area contributed by atoms with E-state index in [0.717, 1.165) is 16.8 Å². The minimum Gasteiger partial charge on any atom is -0.469 e. The SMILES string of the molecule is COC(=O)[C@@H](CC(=O)CN=C(c1ccccc1)c1ccccc1)CC(C)C. The van der Waals surface area contributed by atoms with Gasteiger partial charge < -0.3 is 4.74 Å². The third-order valence-corrected chi connectivity index (χ3v) is 4.27. The van der Waals surface area contributed by atoms with Gasteiger partial charge in [0.1, 0.15) is 0 Å². The first-order valence-electron chi connectivity index (χ1n) is 9.26. The van der Waals surface area contributed by atoms with E-state index in [1.54, 1.807) is 0 Å². The van der Waals surface area contributed by atoms with Crippen LogP contribution in [0.3, 0.4) is 0 Å². The van der Waals surface area contributed by atoms with Crippen LogP contribution < -0.4 is 0 Å². The van der Waals surface area contributed by atoms with Crippen molar-refractivity contribution in [2.45, 2.75) is 26.7 Å². The van der Waals surface area contributed by atoms with E-state index >= 15 is 0 Å². The van der Waals surface area contributed by atoms with Crippen molar-refractivity contribution in [3.63, 3.8) is 0 Å². The third-order valence-electron chi connectivity index (χ3n) is 4.27. The lowest BCUT2D eigenvalue weighted by molar-refractivity contribution is -0.147. The summed E-state index contributed by atoms with van der Waals surface area (Å²) in [4.78, 5) is 29.1. The number of ether oxygens (including phenoxy) is 1. The average Bonchev–Trinajstić information content (AvgIpc) is 2.68. The van der Waals surface area contributed by atoms with E-state index in [0.29, 0.717) is 12.3 Å². The lowest BCUT2D eigenvalue weighted by Crippen LogP contribution is -2.23. The Morgan fingerprint density at radius 1 is 0.926 bits per heavy atom. The van der Waals surface area contributed by atoms with Crippen molar-refractivity contribution in [3.05, 3.63) is 71.8 Å². The van der Waals surface area contributed by atoms with E-state index in [9.17, 15) is 9.59 Å². The zero-order valence-electron chi connectivity index (χ0n) is 16.2. The lowest BCUT2D eigenvalue weighted by Gasteiger charge is -2.15. The van der Waals surface area contributed by atoms with Gasteiger partial charge in [-0.15, -0.1) is 0 Å². The van der Waals surface area contributed by atoms with Gasteiger partial charge in [-0.2, -0.15) is 0 Å². The summed E-state index contributed by atoms with van der Waals surface area (Å²) in [7, 11) is 1.36. The second-order valence-corrected chi connectivity index (χ2v) is 6.99. The molecule has 142 valence electrons. The summed E-state index contributed by atoms with van der Waals surface area (Å²) in [6, 6.07) is 19.6. The van der Waals surface area contributed by atoms with Crippen LogP contribution in [0, 0.1) is 11.8 Å². The first-order chi connectivity index (χ1) is 13.0. The highest BCUT2D eigenvalue weighted by Crippen LogP contribution is 2.18. The Morgan fingerprint density at radius 2 is 1.44 bits per heavy atom. The van der Waals surface area contributed by atoms with Gasteiger partial charge in [0.2, 0.25) is 0 Å². The largest absolute Gasteiger partial charge is 0.469 e. The topological polar surface area (TPSA) is 55.7 Å². The van der Waals surface area contributed by atoms with Gasteiger partial charge in [-0.25, -0.2) is 0 Å². The van der Waals surface area contributed by atoms with Crippen LogP contribution in [0.1, 0.15) is 37.8 Å². The molecule has 0 unspecified atom stereocenters. The molecular weight excluding hydrogens is 338 g/mol. The quantitative estimate of drug-likeness (QED) is 0.491. The molecule has 0 radical (unpaired) electrons. The molecule has 0 amide bonds. The summed E-state index contributed by atoms with van der Waals surface area (Å²) in [5, 5.41) is 0. The molecule has 27 heavy (non-hydrogen) atoms. The van der Waals surface area contributed by atoms with Gasteiger partial charge in [0.25, 0.3) is 0 Å². The molecule has 0 aliphatic rings. The Bertz CT molecular complexity index is 725. The van der Waals surface area contributed by atoms with E-state index < -0.39 is 5.92 Å². The van der Waals surface area contributed by atoms with Gasteiger partial charge in [-0.3, -0.25) is 14.6 Å². The zero-order valence-corrected chi connectivity index (χ0v) is 16.2. The highest BCUT2D eigenvalue weighted by atomic mass is 16.5. The number of carbonyl (C=O) groups excluding carboxylic acids is 2. The Morgan fingerprint density at radius 3 is 1.89 bits per heavy atom. The number of carbonyl (C=O) groups is 2. The number of rotatable bonds is 9. The van der Waals surface area contributed by atoms with E-state index in [-0.39, 0.29) is 24.7 Å². The van der Waals surface area contributed by atoms with Crippen molar-refractivity contribution in [2.75, 3.05) is 13.7 Å². The molecule has 0 saturated carbocycles. The van der Waals surface area contributed by atoms with Crippen molar-refractivity contribution >= 4 is 17.5 Å². The summed E-state index contributed by atoms with van der Waals surface area (Å²) in [5.74, 6) is -0.480. The number of aliphatic imine (C=N–C) groups is 1. The molecule has 0 spiro atoms. The Kier molecular flexibility index (Phi) is 7.93. The normalized spacial score (nSPS) is 11.7. The molecule has 4 nitrogen and oxygen atoms in total. The first-order valence-corrected chi connectivity index (χ1v) is 9.26. The van der Waals surface area contributed by atoms with Crippen LogP contribution in [0.25, 0.3) is 0 Å². The molecule has 0 N–H and O–H groups in total. The highest BCUT2D eigenvalue weighted by Gasteiger charge is 2.23. The maximum atomic E-state index is 12.5. The van der Waals surface area contributed by atoms with Crippen LogP contribution in [-0.2, 0) is 14.3 Å². The van der Waals surface area contributed by atoms with Crippen LogP contribution >= 0.6 is 0 Å². The summed E-state index contributed by atoms with van der Waals surface area (Å²) >= 11 is 0. The predicted molar refractivity (Wildman–Crippen MR) is 108 cm³/mol. The number of methoxy groups -OCH3 is 1. The number of hydrogen-bond acceptors (Lipinski definition) is 4. The second kappa shape index (κ2) is 10.4. The minimum absolute atomic E-state index is 0.0463. The van der Waals surface area contributed by atoms with Gasteiger partial charge >= 0.3 is 5.97 Å². The Labute approximate surface area is 161 Å². The lowest BCUT2D eigenvalue weighted by atomic mass is 9.92. The maximum absolute atomic E-state index is 12.5. The Balaban J connectivity index is 2.17. The molecule has 0 aliphatic heterocycles. The van der Waals surface area contributed by atoms with Gasteiger partial charge in [0.05, 0.1) is 25.3 Å². The Hall–Kier alpha value is -2.75. The molecule has 0 aliphatic carbocycles. The van der Waals surface area contributed by atoms with Crippen molar-refractivity contribution < 1.29 is 14.3 Å². The van der Waals surface area contributed by atoms with Crippen LogP contribution in [-0.4, -0.2) is 31.1 Å². The van der Waals surface area contributed by atoms with Crippen molar-refractivity contribution in [3.8, 4) is 0 Å². The smallest absolute Gasteiger partial charge is 0.309 e. The maximum Gasteiger partial charge on any atom is 0.309 e. The van der Waals surface area contributed by atoms with Gasteiger partial charge in [-0.05, 0) is 12.3 Å². The zero-order chi connectivity index (χ0) is 19.6. The van der Waals surface area contributed by atoms with Crippen LogP contribution in [0.2, 0.25) is 0 Å². The number of benzene rings is 2. The fourth-order valence-electron chi connectivity index (χ4n) is 3.05. The molecule has 0 fully saturated rings. The van der Waals surface area contributed by atoms with Crippen LogP contribution in [0.5, 0.6) is 0 Å². The van der Waals surface area contributed by atoms with E-state index in [2.05, 4.69) is 4.99 Å². The van der Waals surface area contributed by atoms with Crippen molar-refractivity contribution in [1.82, 2.24) is 0 Å².